The van der Waals surface area contributed by atoms with Gasteiger partial charge in [-0.2, -0.15) is 0 Å². The molecule has 0 aliphatic carbocycles. The molecule has 0 bridgehead atoms. The van der Waals surface area contributed by atoms with Crippen molar-refractivity contribution in [2.75, 3.05) is 42.9 Å². The van der Waals surface area contributed by atoms with Crippen LogP contribution in [0.5, 0.6) is 0 Å². The Labute approximate surface area is 161 Å². The van der Waals surface area contributed by atoms with Crippen LogP contribution in [0.25, 0.3) is 0 Å². The quantitative estimate of drug-likeness (QED) is 0.899. The summed E-state index contributed by atoms with van der Waals surface area (Å²) in [6.07, 6.45) is 1.48. The molecule has 1 N–H and O–H groups in total. The second-order valence-corrected chi connectivity index (χ2v) is 7.93. The van der Waals surface area contributed by atoms with Crippen molar-refractivity contribution in [2.45, 2.75) is 33.1 Å². The average Bonchev–Trinajstić information content (AvgIpc) is 2.68. The van der Waals surface area contributed by atoms with E-state index < -0.39 is 0 Å². The fourth-order valence-electron chi connectivity index (χ4n) is 3.37. The Balaban J connectivity index is 1.75. The molecule has 6 nitrogen and oxygen atoms in total. The number of nitrogens with one attached hydrogen (secondary N) is 1. The maximum absolute atomic E-state index is 12.8. The number of aromatic nitrogens is 2. The van der Waals surface area contributed by atoms with Gasteiger partial charge in [-0.3, -0.25) is 4.79 Å². The van der Waals surface area contributed by atoms with E-state index in [1.54, 1.807) is 6.07 Å². The van der Waals surface area contributed by atoms with Gasteiger partial charge in [-0.05, 0) is 23.6 Å². The fraction of sp³-hybridized carbons (Fsp3) is 0.476. The summed E-state index contributed by atoms with van der Waals surface area (Å²) in [6.45, 7) is 13.5. The minimum Gasteiger partial charge on any atom is -0.354 e. The van der Waals surface area contributed by atoms with Crippen molar-refractivity contribution in [1.29, 1.82) is 0 Å². The molecule has 1 aromatic carbocycles. The number of benzene rings is 1. The van der Waals surface area contributed by atoms with Crippen LogP contribution in [0.1, 0.15) is 43.7 Å². The number of nitrogens with zero attached hydrogens (tertiary/aromatic N) is 4. The molecule has 0 spiro atoms. The Bertz CT molecular complexity index is 791. The van der Waals surface area contributed by atoms with Crippen LogP contribution in [0.2, 0.25) is 0 Å². The van der Waals surface area contributed by atoms with Crippen molar-refractivity contribution in [2.24, 2.45) is 0 Å². The van der Waals surface area contributed by atoms with Gasteiger partial charge in [0.15, 0.2) is 0 Å². The first kappa shape index (κ1) is 19.3. The van der Waals surface area contributed by atoms with Gasteiger partial charge in [-0.1, -0.05) is 45.9 Å². The van der Waals surface area contributed by atoms with Crippen molar-refractivity contribution in [3.05, 3.63) is 47.9 Å². The number of amides is 1. The molecule has 1 aliphatic heterocycles. The van der Waals surface area contributed by atoms with Crippen LogP contribution < -0.4 is 10.2 Å². The molecule has 2 heterocycles. The second-order valence-electron chi connectivity index (χ2n) is 7.93. The summed E-state index contributed by atoms with van der Waals surface area (Å²) in [5, 5.41) is 3.02. The number of carbonyl (C=O) groups is 1. The van der Waals surface area contributed by atoms with Gasteiger partial charge in [0.05, 0.1) is 0 Å². The molecular formula is C21H29N5O. The summed E-state index contributed by atoms with van der Waals surface area (Å²) < 4.78 is 0. The van der Waals surface area contributed by atoms with Crippen LogP contribution in [0.4, 0.5) is 11.5 Å². The summed E-state index contributed by atoms with van der Waals surface area (Å²) >= 11 is 0. The fourth-order valence-corrected chi connectivity index (χ4v) is 3.37. The number of anilines is 2. The lowest BCUT2D eigenvalue weighted by molar-refractivity contribution is 0.102. The minimum absolute atomic E-state index is 0.0559. The SMILES string of the molecule is CCN1CCN(c2cc(C(=O)Nc3ccccc3C(C)(C)C)ncn2)CC1. The summed E-state index contributed by atoms with van der Waals surface area (Å²) in [7, 11) is 0. The monoisotopic (exact) mass is 367 g/mol. The van der Waals surface area contributed by atoms with Crippen LogP contribution in [0, 0.1) is 0 Å². The third kappa shape index (κ3) is 4.63. The third-order valence-electron chi connectivity index (χ3n) is 5.01. The number of piperazine rings is 1. The van der Waals surface area contributed by atoms with E-state index in [4.69, 9.17) is 0 Å². The molecule has 0 radical (unpaired) electrons. The lowest BCUT2D eigenvalue weighted by atomic mass is 9.86. The van der Waals surface area contributed by atoms with Crippen molar-refractivity contribution >= 4 is 17.4 Å². The molecule has 6 heteroatoms. The Morgan fingerprint density at radius 1 is 1.11 bits per heavy atom. The molecule has 2 aromatic rings. The van der Waals surface area contributed by atoms with Gasteiger partial charge in [0, 0.05) is 37.9 Å². The molecule has 0 unspecified atom stereocenters. The molecule has 0 saturated carbocycles. The highest BCUT2D eigenvalue weighted by molar-refractivity contribution is 6.03. The number of rotatable bonds is 4. The standard InChI is InChI=1S/C21H29N5O/c1-5-25-10-12-26(13-11-25)19-14-18(22-15-23-19)20(27)24-17-9-7-6-8-16(17)21(2,3)4/h6-9,14-15H,5,10-13H2,1-4H3,(H,24,27). The first-order valence-electron chi connectivity index (χ1n) is 9.58. The molecule has 27 heavy (non-hydrogen) atoms. The summed E-state index contributed by atoms with van der Waals surface area (Å²) in [5.74, 6) is 0.609. The van der Waals surface area contributed by atoms with E-state index in [2.05, 4.69) is 52.8 Å². The predicted octanol–water partition coefficient (Wildman–Crippen LogP) is 3.17. The molecule has 1 fully saturated rings. The maximum atomic E-state index is 12.8. The van der Waals surface area contributed by atoms with Gasteiger partial charge in [0.2, 0.25) is 0 Å². The smallest absolute Gasteiger partial charge is 0.274 e. The van der Waals surface area contributed by atoms with E-state index in [9.17, 15) is 4.79 Å². The highest BCUT2D eigenvalue weighted by atomic mass is 16.1. The van der Waals surface area contributed by atoms with E-state index in [1.807, 2.05) is 24.3 Å². The molecule has 0 atom stereocenters. The van der Waals surface area contributed by atoms with Gasteiger partial charge in [0.25, 0.3) is 5.91 Å². The van der Waals surface area contributed by atoms with Crippen LogP contribution in [0.3, 0.4) is 0 Å². The molecule has 1 saturated heterocycles. The number of hydrogen-bond donors (Lipinski definition) is 1. The van der Waals surface area contributed by atoms with Gasteiger partial charge in [0.1, 0.15) is 17.8 Å². The average molecular weight is 367 g/mol. The van der Waals surface area contributed by atoms with Gasteiger partial charge >= 0.3 is 0 Å². The zero-order valence-corrected chi connectivity index (χ0v) is 16.7. The van der Waals surface area contributed by atoms with E-state index in [0.717, 1.165) is 49.8 Å². The largest absolute Gasteiger partial charge is 0.354 e. The second kappa shape index (κ2) is 8.05. The first-order chi connectivity index (χ1) is 12.9. The van der Waals surface area contributed by atoms with Crippen molar-refractivity contribution in [3.8, 4) is 0 Å². The molecule has 1 aromatic heterocycles. The van der Waals surface area contributed by atoms with E-state index in [0.29, 0.717) is 5.69 Å². The molecule has 3 rings (SSSR count). The third-order valence-corrected chi connectivity index (χ3v) is 5.01. The topological polar surface area (TPSA) is 61.4 Å². The Kier molecular flexibility index (Phi) is 5.75. The zero-order chi connectivity index (χ0) is 19.4. The molecular weight excluding hydrogens is 338 g/mol. The lowest BCUT2D eigenvalue weighted by Crippen LogP contribution is -2.46. The maximum Gasteiger partial charge on any atom is 0.274 e. The highest BCUT2D eigenvalue weighted by Gasteiger charge is 2.21. The summed E-state index contributed by atoms with van der Waals surface area (Å²) in [6, 6.07) is 9.70. The molecule has 1 aliphatic rings. The van der Waals surface area contributed by atoms with Crippen LogP contribution in [-0.4, -0.2) is 53.5 Å². The van der Waals surface area contributed by atoms with Crippen molar-refractivity contribution in [3.63, 3.8) is 0 Å². The lowest BCUT2D eigenvalue weighted by Gasteiger charge is -2.34. The van der Waals surface area contributed by atoms with Crippen LogP contribution in [0.15, 0.2) is 36.7 Å². The number of hydrogen-bond acceptors (Lipinski definition) is 5. The highest BCUT2D eigenvalue weighted by Crippen LogP contribution is 2.29. The summed E-state index contributed by atoms with van der Waals surface area (Å²) in [4.78, 5) is 26.0. The van der Waals surface area contributed by atoms with Gasteiger partial charge < -0.3 is 15.1 Å². The number of likely N-dealkylation sites (N-methyl/N-ethyl adjacent to an activating group) is 1. The summed E-state index contributed by atoms with van der Waals surface area (Å²) in [5.41, 5.74) is 2.26. The Hall–Kier alpha value is -2.47. The molecule has 1 amide bonds. The normalized spacial score (nSPS) is 15.6. The Morgan fingerprint density at radius 3 is 2.48 bits per heavy atom. The zero-order valence-electron chi connectivity index (χ0n) is 16.7. The number of carbonyl (C=O) groups excluding carboxylic acids is 1. The Morgan fingerprint density at radius 2 is 1.81 bits per heavy atom. The van der Waals surface area contributed by atoms with Gasteiger partial charge in [-0.25, -0.2) is 9.97 Å². The first-order valence-corrected chi connectivity index (χ1v) is 9.58. The predicted molar refractivity (Wildman–Crippen MR) is 109 cm³/mol. The van der Waals surface area contributed by atoms with Crippen LogP contribution in [-0.2, 0) is 5.41 Å². The van der Waals surface area contributed by atoms with Crippen molar-refractivity contribution in [1.82, 2.24) is 14.9 Å². The minimum atomic E-state index is -0.206. The van der Waals surface area contributed by atoms with E-state index in [1.165, 1.54) is 6.33 Å². The van der Waals surface area contributed by atoms with Crippen LogP contribution >= 0.6 is 0 Å². The van der Waals surface area contributed by atoms with E-state index in [-0.39, 0.29) is 11.3 Å². The molecule has 144 valence electrons. The van der Waals surface area contributed by atoms with Crippen molar-refractivity contribution < 1.29 is 4.79 Å². The van der Waals surface area contributed by atoms with E-state index >= 15 is 0 Å². The van der Waals surface area contributed by atoms with Gasteiger partial charge in [-0.15, -0.1) is 0 Å². The number of para-hydroxylation sites is 1.